The second kappa shape index (κ2) is 6.26. The number of aromatic nitrogens is 1. The van der Waals surface area contributed by atoms with Crippen LogP contribution in [0, 0.1) is 5.82 Å². The van der Waals surface area contributed by atoms with E-state index < -0.39 is 0 Å². The minimum absolute atomic E-state index is 0.0688. The quantitative estimate of drug-likeness (QED) is 0.902. The van der Waals surface area contributed by atoms with Crippen molar-refractivity contribution in [2.75, 3.05) is 0 Å². The van der Waals surface area contributed by atoms with Gasteiger partial charge in [-0.25, -0.2) is 4.39 Å². The Bertz CT molecular complexity index is 545. The van der Waals surface area contributed by atoms with E-state index in [-0.39, 0.29) is 17.9 Å². The Balaban J connectivity index is 2.13. The third-order valence-electron chi connectivity index (χ3n) is 3.13. The molecule has 2 rings (SSSR count). The summed E-state index contributed by atoms with van der Waals surface area (Å²) in [6.45, 7) is 4.02. The van der Waals surface area contributed by atoms with Crippen molar-refractivity contribution in [3.8, 4) is 0 Å². The van der Waals surface area contributed by atoms with Gasteiger partial charge in [-0.05, 0) is 49.7 Å². The Morgan fingerprint density at radius 2 is 1.79 bits per heavy atom. The van der Waals surface area contributed by atoms with Crippen molar-refractivity contribution < 1.29 is 4.39 Å². The molecule has 0 saturated carbocycles. The second-order valence-corrected chi connectivity index (χ2v) is 5.47. The lowest BCUT2D eigenvalue weighted by Gasteiger charge is -2.21. The zero-order valence-corrected chi connectivity index (χ0v) is 12.5. The molecule has 0 bridgehead atoms. The number of nitrogens with zero attached hydrogens (tertiary/aromatic N) is 1. The molecule has 2 atom stereocenters. The fraction of sp³-hybridized carbons (Fsp3) is 0.267. The Hall–Kier alpha value is -1.26. The predicted octanol–water partition coefficient (Wildman–Crippen LogP) is 4.40. The summed E-state index contributed by atoms with van der Waals surface area (Å²) in [5.41, 5.74) is 1.80. The van der Waals surface area contributed by atoms with Crippen LogP contribution in [0.1, 0.15) is 37.1 Å². The molecule has 1 N–H and O–H groups in total. The van der Waals surface area contributed by atoms with E-state index in [1.54, 1.807) is 18.5 Å². The monoisotopic (exact) mass is 322 g/mol. The Labute approximate surface area is 121 Å². The van der Waals surface area contributed by atoms with E-state index in [1.165, 1.54) is 6.07 Å². The number of rotatable bonds is 4. The van der Waals surface area contributed by atoms with E-state index in [0.717, 1.165) is 10.0 Å². The molecule has 2 aromatic rings. The molecule has 0 aliphatic rings. The summed E-state index contributed by atoms with van der Waals surface area (Å²) < 4.78 is 14.7. The maximum atomic E-state index is 13.8. The van der Waals surface area contributed by atoms with Gasteiger partial charge >= 0.3 is 0 Å². The number of hydrogen-bond donors (Lipinski definition) is 1. The van der Waals surface area contributed by atoms with E-state index in [2.05, 4.69) is 33.2 Å². The lowest BCUT2D eigenvalue weighted by Crippen LogP contribution is -2.23. The highest BCUT2D eigenvalue weighted by Gasteiger charge is 2.14. The maximum absolute atomic E-state index is 13.8. The first kappa shape index (κ1) is 14.2. The SMILES string of the molecule is CC(N[C@@H](C)c1ccncc1)c1cc(Br)ccc1F. The van der Waals surface area contributed by atoms with Crippen molar-refractivity contribution in [1.82, 2.24) is 10.3 Å². The number of nitrogens with one attached hydrogen (secondary N) is 1. The first-order chi connectivity index (χ1) is 9.08. The van der Waals surface area contributed by atoms with Crippen molar-refractivity contribution in [2.45, 2.75) is 25.9 Å². The van der Waals surface area contributed by atoms with Gasteiger partial charge in [0, 0.05) is 34.5 Å². The van der Waals surface area contributed by atoms with Crippen LogP contribution in [0.5, 0.6) is 0 Å². The van der Waals surface area contributed by atoms with Gasteiger partial charge in [0.1, 0.15) is 5.82 Å². The molecule has 100 valence electrons. The van der Waals surface area contributed by atoms with Crippen molar-refractivity contribution in [1.29, 1.82) is 0 Å². The van der Waals surface area contributed by atoms with Gasteiger partial charge in [-0.1, -0.05) is 15.9 Å². The molecule has 1 unspecified atom stereocenters. The fourth-order valence-electron chi connectivity index (χ4n) is 2.06. The van der Waals surface area contributed by atoms with Crippen LogP contribution in [0.4, 0.5) is 4.39 Å². The van der Waals surface area contributed by atoms with Crippen LogP contribution in [0.3, 0.4) is 0 Å². The van der Waals surface area contributed by atoms with E-state index >= 15 is 0 Å². The molecule has 1 aromatic carbocycles. The van der Waals surface area contributed by atoms with E-state index in [1.807, 2.05) is 25.1 Å². The van der Waals surface area contributed by atoms with Crippen LogP contribution in [0.15, 0.2) is 47.2 Å². The fourth-order valence-corrected chi connectivity index (χ4v) is 2.44. The average Bonchev–Trinajstić information content (AvgIpc) is 2.42. The van der Waals surface area contributed by atoms with E-state index in [0.29, 0.717) is 5.56 Å². The topological polar surface area (TPSA) is 24.9 Å². The molecule has 0 aliphatic heterocycles. The van der Waals surface area contributed by atoms with Gasteiger partial charge in [0.2, 0.25) is 0 Å². The zero-order chi connectivity index (χ0) is 13.8. The molecule has 0 radical (unpaired) electrons. The highest BCUT2D eigenvalue weighted by Crippen LogP contribution is 2.24. The second-order valence-electron chi connectivity index (χ2n) is 4.56. The number of hydrogen-bond acceptors (Lipinski definition) is 2. The summed E-state index contributed by atoms with van der Waals surface area (Å²) >= 11 is 3.37. The van der Waals surface area contributed by atoms with Crippen LogP contribution >= 0.6 is 15.9 Å². The first-order valence-corrected chi connectivity index (χ1v) is 6.98. The lowest BCUT2D eigenvalue weighted by molar-refractivity contribution is 0.473. The number of pyridine rings is 1. The van der Waals surface area contributed by atoms with Crippen LogP contribution < -0.4 is 5.32 Å². The molecule has 0 spiro atoms. The molecule has 4 heteroatoms. The van der Waals surface area contributed by atoms with E-state index in [9.17, 15) is 4.39 Å². The molecule has 1 heterocycles. The van der Waals surface area contributed by atoms with Crippen LogP contribution in [-0.4, -0.2) is 4.98 Å². The molecule has 0 aliphatic carbocycles. The highest BCUT2D eigenvalue weighted by molar-refractivity contribution is 9.10. The van der Waals surface area contributed by atoms with E-state index in [4.69, 9.17) is 0 Å². The molecule has 0 saturated heterocycles. The largest absolute Gasteiger partial charge is 0.304 e. The average molecular weight is 323 g/mol. The summed E-state index contributed by atoms with van der Waals surface area (Å²) in [6, 6.07) is 8.99. The predicted molar refractivity (Wildman–Crippen MR) is 78.3 cm³/mol. The van der Waals surface area contributed by atoms with Crippen LogP contribution in [0.25, 0.3) is 0 Å². The molecule has 2 nitrogen and oxygen atoms in total. The minimum atomic E-state index is -0.190. The molecule has 1 aromatic heterocycles. The maximum Gasteiger partial charge on any atom is 0.128 e. The van der Waals surface area contributed by atoms with Crippen LogP contribution in [0.2, 0.25) is 0 Å². The van der Waals surface area contributed by atoms with Gasteiger partial charge in [0.25, 0.3) is 0 Å². The van der Waals surface area contributed by atoms with Crippen molar-refractivity contribution in [2.24, 2.45) is 0 Å². The number of halogens is 2. The Morgan fingerprint density at radius 1 is 1.11 bits per heavy atom. The molecular weight excluding hydrogens is 307 g/mol. The van der Waals surface area contributed by atoms with Crippen molar-refractivity contribution in [3.05, 3.63) is 64.1 Å². The molecule has 0 fully saturated rings. The highest BCUT2D eigenvalue weighted by atomic mass is 79.9. The van der Waals surface area contributed by atoms with Gasteiger partial charge in [-0.2, -0.15) is 0 Å². The zero-order valence-electron chi connectivity index (χ0n) is 10.9. The summed E-state index contributed by atoms with van der Waals surface area (Å²) in [7, 11) is 0. The smallest absolute Gasteiger partial charge is 0.128 e. The van der Waals surface area contributed by atoms with Gasteiger partial charge in [-0.3, -0.25) is 4.98 Å². The summed E-state index contributed by atoms with van der Waals surface area (Å²) in [5.74, 6) is -0.190. The lowest BCUT2D eigenvalue weighted by atomic mass is 10.0. The standard InChI is InChI=1S/C15H16BrFN2/c1-10(12-5-7-18-8-6-12)19-11(2)14-9-13(16)3-4-15(14)17/h3-11,19H,1-2H3/t10-,11?/m0/s1. The summed E-state index contributed by atoms with van der Waals surface area (Å²) in [4.78, 5) is 4.00. The third-order valence-corrected chi connectivity index (χ3v) is 3.62. The first-order valence-electron chi connectivity index (χ1n) is 6.19. The minimum Gasteiger partial charge on any atom is -0.304 e. The Kier molecular flexibility index (Phi) is 4.66. The van der Waals surface area contributed by atoms with Crippen molar-refractivity contribution in [3.63, 3.8) is 0 Å². The van der Waals surface area contributed by atoms with Gasteiger partial charge in [0.15, 0.2) is 0 Å². The molecule has 0 amide bonds. The normalized spacial score (nSPS) is 14.1. The molecule has 19 heavy (non-hydrogen) atoms. The van der Waals surface area contributed by atoms with Crippen molar-refractivity contribution >= 4 is 15.9 Å². The number of benzene rings is 1. The summed E-state index contributed by atoms with van der Waals surface area (Å²) in [5, 5.41) is 3.39. The third kappa shape index (κ3) is 3.61. The summed E-state index contributed by atoms with van der Waals surface area (Å²) in [6.07, 6.45) is 3.52. The van der Waals surface area contributed by atoms with Gasteiger partial charge < -0.3 is 5.32 Å². The Morgan fingerprint density at radius 3 is 2.47 bits per heavy atom. The molecular formula is C15H16BrFN2. The van der Waals surface area contributed by atoms with Gasteiger partial charge in [0.05, 0.1) is 0 Å². The van der Waals surface area contributed by atoms with Gasteiger partial charge in [-0.15, -0.1) is 0 Å². The van der Waals surface area contributed by atoms with Crippen LogP contribution in [-0.2, 0) is 0 Å².